The van der Waals surface area contributed by atoms with E-state index in [0.29, 0.717) is 68.9 Å². The number of benzene rings is 3. The Hall–Kier alpha value is -5.01. The summed E-state index contributed by atoms with van der Waals surface area (Å²) in [5, 5.41) is 24.2. The minimum Gasteiger partial charge on any atom is -0.481 e. The topological polar surface area (TPSA) is 207 Å². The van der Waals surface area contributed by atoms with Crippen LogP contribution in [0, 0.1) is 5.92 Å². The highest BCUT2D eigenvalue weighted by Gasteiger charge is 2.44. The van der Waals surface area contributed by atoms with E-state index in [1.54, 1.807) is 28.6 Å². The molecule has 7 rings (SSSR count). The molecule has 0 bridgehead atoms. The van der Waals surface area contributed by atoms with Gasteiger partial charge in [-0.15, -0.1) is 11.3 Å². The third-order valence-corrected chi connectivity index (χ3v) is 15.3. The summed E-state index contributed by atoms with van der Waals surface area (Å²) >= 11 is 1.40. The molecule has 2 amide bonds. The number of ether oxygens (including phenoxy) is 4. The van der Waals surface area contributed by atoms with Crippen LogP contribution in [0.4, 0.5) is 10.7 Å². The maximum Gasteiger partial charge on any atom is 0.335 e. The molecule has 65 heavy (non-hydrogen) atoms. The molecule has 2 fully saturated rings. The van der Waals surface area contributed by atoms with E-state index in [-0.39, 0.29) is 53.0 Å². The third kappa shape index (κ3) is 12.9. The predicted molar refractivity (Wildman–Crippen MR) is 245 cm³/mol. The van der Waals surface area contributed by atoms with Crippen molar-refractivity contribution in [2.75, 3.05) is 63.4 Å². The second kappa shape index (κ2) is 22.9. The molecule has 17 heteroatoms. The minimum atomic E-state index is -3.91. The van der Waals surface area contributed by atoms with E-state index in [0.717, 1.165) is 79.4 Å². The number of carbonyl (C=O) groups excluding carboxylic acids is 2. The van der Waals surface area contributed by atoms with Crippen LogP contribution in [0.3, 0.4) is 0 Å². The van der Waals surface area contributed by atoms with Gasteiger partial charge in [-0.1, -0.05) is 30.3 Å². The maximum atomic E-state index is 14.2. The number of hydrogen-bond donors (Lipinski definition) is 4. The van der Waals surface area contributed by atoms with Crippen molar-refractivity contribution in [1.29, 1.82) is 0 Å². The quantitative estimate of drug-likeness (QED) is 0.0551. The Morgan fingerprint density at radius 1 is 0.723 bits per heavy atom. The van der Waals surface area contributed by atoms with Crippen molar-refractivity contribution in [3.8, 4) is 0 Å². The molecule has 15 nitrogen and oxygen atoms in total. The molecule has 3 unspecified atom stereocenters. The van der Waals surface area contributed by atoms with Crippen LogP contribution >= 0.6 is 11.3 Å². The molecule has 0 radical (unpaired) electrons. The molecule has 1 saturated heterocycles. The number of thiophene rings is 1. The lowest BCUT2D eigenvalue weighted by Crippen LogP contribution is -2.42. The standard InChI is InChI=1S/C48H57N3O12S2/c52-43(53)21-23-60-24-25-61-26-27-62-28-29-63-38-18-19-41-35(30-38)20-22-51(41)65(58,59)39-5-3-4-36(31-39)45(54)50-47-44(40-6-1-2-7-42(40)64-47)46(55)49-37-16-12-33(13-17-37)9-8-32-10-14-34(15-11-32)48(56)57/h3-5,10-17,31,35,38,41H,1-2,6-9,18-30H2,(H,49,55)(H,50,54)(H,52,53)(H,56,57). The van der Waals surface area contributed by atoms with Gasteiger partial charge < -0.3 is 39.8 Å². The lowest BCUT2D eigenvalue weighted by Gasteiger charge is -2.35. The van der Waals surface area contributed by atoms with Crippen molar-refractivity contribution in [3.63, 3.8) is 0 Å². The second-order valence-electron chi connectivity index (χ2n) is 16.6. The predicted octanol–water partition coefficient (Wildman–Crippen LogP) is 7.09. The van der Waals surface area contributed by atoms with Crippen LogP contribution in [0.15, 0.2) is 77.7 Å². The first kappa shape index (κ1) is 47.9. The Kier molecular flexibility index (Phi) is 16.9. The Morgan fingerprint density at radius 2 is 1.38 bits per heavy atom. The van der Waals surface area contributed by atoms with Crippen molar-refractivity contribution in [3.05, 3.63) is 111 Å². The average Bonchev–Trinajstić information content (AvgIpc) is 3.91. The maximum absolute atomic E-state index is 14.2. The molecule has 4 aromatic rings. The number of carbonyl (C=O) groups is 4. The molecule has 1 aromatic heterocycles. The first-order valence-corrected chi connectivity index (χ1v) is 24.6. The van der Waals surface area contributed by atoms with E-state index in [4.69, 9.17) is 29.2 Å². The summed E-state index contributed by atoms with van der Waals surface area (Å²) < 4.78 is 52.2. The number of hydrogen-bond acceptors (Lipinski definition) is 11. The lowest BCUT2D eigenvalue weighted by atomic mass is 9.83. The van der Waals surface area contributed by atoms with Gasteiger partial charge in [0.1, 0.15) is 5.00 Å². The second-order valence-corrected chi connectivity index (χ2v) is 19.6. The van der Waals surface area contributed by atoms with Gasteiger partial charge in [0, 0.05) is 28.7 Å². The Labute approximate surface area is 383 Å². The summed E-state index contributed by atoms with van der Waals surface area (Å²) in [5.74, 6) is -2.52. The number of anilines is 2. The zero-order chi connectivity index (χ0) is 45.8. The van der Waals surface area contributed by atoms with Gasteiger partial charge in [-0.25, -0.2) is 13.2 Å². The molecule has 0 spiro atoms. The number of rotatable bonds is 23. The van der Waals surface area contributed by atoms with Gasteiger partial charge >= 0.3 is 11.9 Å². The van der Waals surface area contributed by atoms with Crippen LogP contribution in [-0.4, -0.2) is 112 Å². The van der Waals surface area contributed by atoms with Crippen molar-refractivity contribution < 1.29 is 56.8 Å². The van der Waals surface area contributed by atoms with Crippen LogP contribution < -0.4 is 10.6 Å². The third-order valence-electron chi connectivity index (χ3n) is 12.2. The summed E-state index contributed by atoms with van der Waals surface area (Å²) in [5.41, 5.74) is 4.50. The van der Waals surface area contributed by atoms with Gasteiger partial charge in [0.05, 0.1) is 74.8 Å². The molecular weight excluding hydrogens is 875 g/mol. The van der Waals surface area contributed by atoms with Crippen molar-refractivity contribution in [2.45, 2.75) is 87.7 Å². The fourth-order valence-electron chi connectivity index (χ4n) is 8.83. The number of aromatic carboxylic acids is 1. The average molecular weight is 932 g/mol. The van der Waals surface area contributed by atoms with E-state index < -0.39 is 27.9 Å². The molecule has 4 N–H and O–H groups in total. The van der Waals surface area contributed by atoms with Crippen LogP contribution in [-0.2, 0) is 59.4 Å². The number of aryl methyl sites for hydroxylation is 3. The molecule has 3 aliphatic rings. The summed E-state index contributed by atoms with van der Waals surface area (Å²) in [6, 6.07) is 20.4. The molecule has 2 heterocycles. The Bertz CT molecular complexity index is 2390. The van der Waals surface area contributed by atoms with Gasteiger partial charge in [0.25, 0.3) is 11.8 Å². The van der Waals surface area contributed by atoms with Gasteiger partial charge in [-0.2, -0.15) is 4.31 Å². The Morgan fingerprint density at radius 3 is 2.08 bits per heavy atom. The molecule has 1 saturated carbocycles. The smallest absolute Gasteiger partial charge is 0.335 e. The largest absolute Gasteiger partial charge is 0.481 e. The number of carboxylic acids is 2. The number of aliphatic carboxylic acids is 1. The van der Waals surface area contributed by atoms with Crippen LogP contribution in [0.5, 0.6) is 0 Å². The van der Waals surface area contributed by atoms with E-state index in [1.165, 1.54) is 23.5 Å². The summed E-state index contributed by atoms with van der Waals surface area (Å²) in [6.45, 7) is 2.84. The van der Waals surface area contributed by atoms with Gasteiger partial charge in [-0.3, -0.25) is 14.4 Å². The molecule has 3 atom stereocenters. The number of nitrogens with zero attached hydrogens (tertiary/aromatic N) is 1. The minimum absolute atomic E-state index is 0.0130. The number of sulfonamides is 1. The van der Waals surface area contributed by atoms with E-state index in [9.17, 15) is 27.6 Å². The van der Waals surface area contributed by atoms with Gasteiger partial charge in [-0.05, 0) is 129 Å². The highest BCUT2D eigenvalue weighted by Crippen LogP contribution is 2.41. The van der Waals surface area contributed by atoms with E-state index >= 15 is 0 Å². The number of amides is 2. The fraction of sp³-hybridized carbons (Fsp3) is 0.458. The fourth-order valence-corrected chi connectivity index (χ4v) is 11.9. The summed E-state index contributed by atoms with van der Waals surface area (Å²) in [4.78, 5) is 50.6. The molecule has 2 aliphatic carbocycles. The normalized spacial score (nSPS) is 18.4. The zero-order valence-corrected chi connectivity index (χ0v) is 38.0. The van der Waals surface area contributed by atoms with Crippen LogP contribution in [0.2, 0.25) is 0 Å². The molecular formula is C48H57N3O12S2. The van der Waals surface area contributed by atoms with Crippen LogP contribution in [0.1, 0.15) is 97.6 Å². The monoisotopic (exact) mass is 931 g/mol. The highest BCUT2D eigenvalue weighted by atomic mass is 32.2. The van der Waals surface area contributed by atoms with Gasteiger partial charge in [0.15, 0.2) is 0 Å². The van der Waals surface area contributed by atoms with Crippen LogP contribution in [0.25, 0.3) is 0 Å². The van der Waals surface area contributed by atoms with Gasteiger partial charge in [0.2, 0.25) is 10.0 Å². The van der Waals surface area contributed by atoms with E-state index in [2.05, 4.69) is 10.6 Å². The zero-order valence-electron chi connectivity index (χ0n) is 36.3. The number of fused-ring (bicyclic) bond motifs is 2. The molecule has 3 aromatic carbocycles. The molecule has 348 valence electrons. The lowest BCUT2D eigenvalue weighted by molar-refractivity contribution is -0.138. The Balaban J connectivity index is 0.899. The highest BCUT2D eigenvalue weighted by molar-refractivity contribution is 7.89. The summed E-state index contributed by atoms with van der Waals surface area (Å²) in [6.07, 6.45) is 7.77. The molecule has 1 aliphatic heterocycles. The summed E-state index contributed by atoms with van der Waals surface area (Å²) in [7, 11) is -3.91. The first-order chi connectivity index (χ1) is 31.5. The SMILES string of the molecule is O=C(O)CCOCCOCCOCCOC1CCC2C(CCN2S(=O)(=O)c2cccc(C(=O)Nc3sc4c(c3C(=O)Nc3ccc(CCc5ccc(C(=O)O)cc5)cc3)CCCC4)c2)C1. The first-order valence-electron chi connectivity index (χ1n) is 22.3. The van der Waals surface area contributed by atoms with Crippen molar-refractivity contribution >= 4 is 55.8 Å². The van der Waals surface area contributed by atoms with Crippen molar-refractivity contribution in [2.24, 2.45) is 5.92 Å². The van der Waals surface area contributed by atoms with E-state index in [1.807, 2.05) is 36.4 Å². The number of nitrogens with one attached hydrogen (secondary N) is 2. The van der Waals surface area contributed by atoms with Crippen molar-refractivity contribution in [1.82, 2.24) is 4.31 Å². The number of carboxylic acid groups (broad SMARTS) is 2.